The lowest BCUT2D eigenvalue weighted by atomic mass is 10.2. The molecule has 0 aromatic rings. The van der Waals surface area contributed by atoms with Crippen LogP contribution in [0.3, 0.4) is 0 Å². The number of halogens is 1. The van der Waals surface area contributed by atoms with Gasteiger partial charge < -0.3 is 4.90 Å². The Morgan fingerprint density at radius 2 is 2.17 bits per heavy atom. The number of carbonyl (C=O) groups excluding carboxylic acids is 1. The first kappa shape index (κ1) is 8.54. The van der Waals surface area contributed by atoms with Crippen molar-refractivity contribution in [2.75, 3.05) is 13.1 Å². The van der Waals surface area contributed by atoms with Gasteiger partial charge in [0.2, 0.25) is 5.91 Å². The Kier molecular flexibility index (Phi) is 2.40. The van der Waals surface area contributed by atoms with E-state index in [9.17, 15) is 4.79 Å². The number of rotatable bonds is 2. The summed E-state index contributed by atoms with van der Waals surface area (Å²) in [6.07, 6.45) is 4.48. The molecule has 0 bridgehead atoms. The van der Waals surface area contributed by atoms with Crippen molar-refractivity contribution in [1.82, 2.24) is 4.90 Å². The highest BCUT2D eigenvalue weighted by molar-refractivity contribution is 9.09. The fraction of sp³-hybridized carbons (Fsp3) is 0.889. The summed E-state index contributed by atoms with van der Waals surface area (Å²) in [6, 6.07) is 0. The van der Waals surface area contributed by atoms with E-state index in [2.05, 4.69) is 15.9 Å². The number of alkyl halides is 1. The van der Waals surface area contributed by atoms with E-state index in [1.807, 2.05) is 4.90 Å². The van der Waals surface area contributed by atoms with Crippen LogP contribution in [0.2, 0.25) is 0 Å². The topological polar surface area (TPSA) is 20.3 Å². The summed E-state index contributed by atoms with van der Waals surface area (Å²) < 4.78 is 0. The van der Waals surface area contributed by atoms with Crippen LogP contribution < -0.4 is 0 Å². The molecule has 1 aliphatic carbocycles. The van der Waals surface area contributed by atoms with Crippen LogP contribution in [-0.2, 0) is 4.79 Å². The van der Waals surface area contributed by atoms with E-state index in [1.54, 1.807) is 0 Å². The molecule has 1 amide bonds. The maximum atomic E-state index is 11.5. The second kappa shape index (κ2) is 3.36. The predicted molar refractivity (Wildman–Crippen MR) is 51.3 cm³/mol. The summed E-state index contributed by atoms with van der Waals surface area (Å²) in [5, 5.41) is 0. The largest absolute Gasteiger partial charge is 0.342 e. The summed E-state index contributed by atoms with van der Waals surface area (Å²) in [4.78, 5) is 14.1. The molecule has 0 spiro atoms. The second-order valence-corrected chi connectivity index (χ2v) is 5.17. The lowest BCUT2D eigenvalue weighted by Crippen LogP contribution is -2.28. The molecule has 2 rings (SSSR count). The Morgan fingerprint density at radius 1 is 1.42 bits per heavy atom. The minimum atomic E-state index is 0.374. The van der Waals surface area contributed by atoms with Crippen molar-refractivity contribution >= 4 is 21.8 Å². The van der Waals surface area contributed by atoms with Crippen molar-refractivity contribution in [3.8, 4) is 0 Å². The van der Waals surface area contributed by atoms with Gasteiger partial charge in [0.1, 0.15) is 0 Å². The molecule has 1 unspecified atom stereocenters. The molecule has 0 radical (unpaired) electrons. The number of nitrogens with zero attached hydrogens (tertiary/aromatic N) is 1. The van der Waals surface area contributed by atoms with E-state index in [-0.39, 0.29) is 0 Å². The zero-order valence-corrected chi connectivity index (χ0v) is 8.72. The standard InChI is InChI=1S/C9H14BrNO/c10-8-3-4-11(6-8)9(12)5-7-1-2-7/h7-8H,1-6H2. The highest BCUT2D eigenvalue weighted by Gasteiger charge is 2.29. The molecule has 3 heteroatoms. The Morgan fingerprint density at radius 3 is 2.67 bits per heavy atom. The summed E-state index contributed by atoms with van der Waals surface area (Å²) in [7, 11) is 0. The molecule has 12 heavy (non-hydrogen) atoms. The SMILES string of the molecule is O=C(CC1CC1)N1CCC(Br)C1. The quantitative estimate of drug-likeness (QED) is 0.664. The average molecular weight is 232 g/mol. The molecule has 0 aromatic heterocycles. The summed E-state index contributed by atoms with van der Waals surface area (Å²) in [5.74, 6) is 1.10. The maximum absolute atomic E-state index is 11.5. The number of carbonyl (C=O) groups is 1. The van der Waals surface area contributed by atoms with Gasteiger partial charge in [0.05, 0.1) is 0 Å². The molecular formula is C9H14BrNO. The van der Waals surface area contributed by atoms with Crippen molar-refractivity contribution in [1.29, 1.82) is 0 Å². The van der Waals surface area contributed by atoms with Gasteiger partial charge in [0.25, 0.3) is 0 Å². The molecule has 1 saturated carbocycles. The van der Waals surface area contributed by atoms with Gasteiger partial charge in [-0.1, -0.05) is 15.9 Å². The minimum absolute atomic E-state index is 0.374. The maximum Gasteiger partial charge on any atom is 0.222 e. The Balaban J connectivity index is 1.79. The Bertz CT molecular complexity index is 191. The fourth-order valence-corrected chi connectivity index (χ4v) is 2.20. The molecular weight excluding hydrogens is 218 g/mol. The molecule has 2 fully saturated rings. The molecule has 1 aliphatic heterocycles. The number of hydrogen-bond donors (Lipinski definition) is 0. The molecule has 68 valence electrons. The Labute approximate surface area is 81.4 Å². The van der Waals surface area contributed by atoms with E-state index >= 15 is 0 Å². The van der Waals surface area contributed by atoms with Gasteiger partial charge in [0.15, 0.2) is 0 Å². The van der Waals surface area contributed by atoms with Gasteiger partial charge >= 0.3 is 0 Å². The van der Waals surface area contributed by atoms with E-state index < -0.39 is 0 Å². The van der Waals surface area contributed by atoms with Crippen LogP contribution >= 0.6 is 15.9 Å². The molecule has 0 N–H and O–H groups in total. The van der Waals surface area contributed by atoms with Gasteiger partial charge in [-0.2, -0.15) is 0 Å². The third-order valence-corrected chi connectivity index (χ3v) is 3.39. The van der Waals surface area contributed by atoms with Gasteiger partial charge in [-0.15, -0.1) is 0 Å². The van der Waals surface area contributed by atoms with Crippen LogP contribution in [-0.4, -0.2) is 28.7 Å². The van der Waals surface area contributed by atoms with Gasteiger partial charge in [0, 0.05) is 24.3 Å². The van der Waals surface area contributed by atoms with Crippen LogP contribution in [0.25, 0.3) is 0 Å². The smallest absolute Gasteiger partial charge is 0.222 e. The monoisotopic (exact) mass is 231 g/mol. The van der Waals surface area contributed by atoms with Gasteiger partial charge in [-0.25, -0.2) is 0 Å². The van der Waals surface area contributed by atoms with Crippen LogP contribution in [0, 0.1) is 5.92 Å². The van der Waals surface area contributed by atoms with Gasteiger partial charge in [-0.3, -0.25) is 4.79 Å². The van der Waals surface area contributed by atoms with E-state index in [0.717, 1.165) is 31.8 Å². The van der Waals surface area contributed by atoms with Crippen molar-refractivity contribution < 1.29 is 4.79 Å². The van der Waals surface area contributed by atoms with Crippen LogP contribution in [0.15, 0.2) is 0 Å². The summed E-state index contributed by atoms with van der Waals surface area (Å²) >= 11 is 3.53. The number of likely N-dealkylation sites (tertiary alicyclic amines) is 1. The molecule has 2 aliphatic rings. The van der Waals surface area contributed by atoms with Crippen LogP contribution in [0.4, 0.5) is 0 Å². The lowest BCUT2D eigenvalue weighted by molar-refractivity contribution is -0.130. The second-order valence-electron chi connectivity index (χ2n) is 3.87. The zero-order valence-electron chi connectivity index (χ0n) is 7.13. The third kappa shape index (κ3) is 2.00. The van der Waals surface area contributed by atoms with Crippen molar-refractivity contribution in [2.24, 2.45) is 5.92 Å². The first-order valence-corrected chi connectivity index (χ1v) is 5.59. The fourth-order valence-electron chi connectivity index (χ4n) is 1.64. The molecule has 1 saturated heterocycles. The lowest BCUT2D eigenvalue weighted by Gasteiger charge is -2.14. The molecule has 0 aromatic carbocycles. The van der Waals surface area contributed by atoms with E-state index in [4.69, 9.17) is 0 Å². The highest BCUT2D eigenvalue weighted by Crippen LogP contribution is 2.33. The van der Waals surface area contributed by atoms with E-state index in [1.165, 1.54) is 12.8 Å². The number of hydrogen-bond acceptors (Lipinski definition) is 1. The molecule has 1 heterocycles. The first-order valence-electron chi connectivity index (χ1n) is 4.67. The van der Waals surface area contributed by atoms with Gasteiger partial charge in [-0.05, 0) is 25.2 Å². The van der Waals surface area contributed by atoms with Crippen LogP contribution in [0.5, 0.6) is 0 Å². The highest BCUT2D eigenvalue weighted by atomic mass is 79.9. The zero-order chi connectivity index (χ0) is 8.55. The van der Waals surface area contributed by atoms with Crippen molar-refractivity contribution in [3.63, 3.8) is 0 Å². The molecule has 2 nitrogen and oxygen atoms in total. The summed E-state index contributed by atoms with van der Waals surface area (Å²) in [6.45, 7) is 1.88. The summed E-state index contributed by atoms with van der Waals surface area (Å²) in [5.41, 5.74) is 0. The minimum Gasteiger partial charge on any atom is -0.342 e. The predicted octanol–water partition coefficient (Wildman–Crippen LogP) is 1.78. The van der Waals surface area contributed by atoms with Crippen LogP contribution in [0.1, 0.15) is 25.7 Å². The average Bonchev–Trinajstić information content (AvgIpc) is 2.72. The third-order valence-electron chi connectivity index (χ3n) is 2.64. The van der Waals surface area contributed by atoms with Crippen molar-refractivity contribution in [3.05, 3.63) is 0 Å². The molecule has 1 atom stereocenters. The Hall–Kier alpha value is -0.0500. The number of amides is 1. The normalized spacial score (nSPS) is 29.4. The van der Waals surface area contributed by atoms with Crippen molar-refractivity contribution in [2.45, 2.75) is 30.5 Å². The van der Waals surface area contributed by atoms with E-state index in [0.29, 0.717) is 10.7 Å². The first-order chi connectivity index (χ1) is 5.75.